The van der Waals surface area contributed by atoms with Gasteiger partial charge >= 0.3 is 0 Å². The summed E-state index contributed by atoms with van der Waals surface area (Å²) in [4.78, 5) is 2.67. The predicted molar refractivity (Wildman–Crippen MR) is 85.4 cm³/mol. The number of hydrogen-bond donors (Lipinski definition) is 1. The van der Waals surface area contributed by atoms with Crippen molar-refractivity contribution in [2.75, 3.05) is 19.6 Å². The molecule has 0 radical (unpaired) electrons. The van der Waals surface area contributed by atoms with Crippen LogP contribution in [0.4, 0.5) is 0 Å². The largest absolute Gasteiger partial charge is 0.329 e. The van der Waals surface area contributed by atoms with Crippen molar-refractivity contribution in [1.82, 2.24) is 4.90 Å². The van der Waals surface area contributed by atoms with Crippen LogP contribution in [0.1, 0.15) is 72.1 Å². The Morgan fingerprint density at radius 1 is 1.00 bits per heavy atom. The van der Waals surface area contributed by atoms with Gasteiger partial charge in [-0.15, -0.1) is 0 Å². The molecule has 2 heteroatoms. The molecule has 1 heterocycles. The van der Waals surface area contributed by atoms with Crippen LogP contribution < -0.4 is 5.73 Å². The van der Waals surface area contributed by atoms with Crippen molar-refractivity contribution in [3.05, 3.63) is 0 Å². The van der Waals surface area contributed by atoms with Gasteiger partial charge in [0.2, 0.25) is 0 Å². The minimum atomic E-state index is 0.635. The van der Waals surface area contributed by atoms with Crippen molar-refractivity contribution in [2.24, 2.45) is 17.6 Å². The number of piperidine rings is 1. The summed E-state index contributed by atoms with van der Waals surface area (Å²) in [6.07, 6.45) is 11.2. The van der Waals surface area contributed by atoms with Crippen LogP contribution >= 0.6 is 0 Å². The van der Waals surface area contributed by atoms with Gasteiger partial charge in [-0.2, -0.15) is 0 Å². The van der Waals surface area contributed by atoms with Gasteiger partial charge in [0, 0.05) is 19.1 Å². The van der Waals surface area contributed by atoms with Crippen molar-refractivity contribution in [3.8, 4) is 0 Å². The smallest absolute Gasteiger partial charge is 0.0244 e. The number of nitrogens with zero attached hydrogens (tertiary/aromatic N) is 1. The van der Waals surface area contributed by atoms with Gasteiger partial charge in [-0.1, -0.05) is 59.3 Å². The standard InChI is InChI=1S/C17H36N2/c1-4-5-6-7-8-9-10-11-19-14-15(2)12-16(3)17(19)13-18/h15-17H,4-14,18H2,1-3H3. The van der Waals surface area contributed by atoms with E-state index >= 15 is 0 Å². The maximum Gasteiger partial charge on any atom is 0.0244 e. The summed E-state index contributed by atoms with van der Waals surface area (Å²) in [5.41, 5.74) is 5.97. The Morgan fingerprint density at radius 3 is 2.26 bits per heavy atom. The topological polar surface area (TPSA) is 29.3 Å². The van der Waals surface area contributed by atoms with E-state index in [1.807, 2.05) is 0 Å². The van der Waals surface area contributed by atoms with Gasteiger partial charge in [0.25, 0.3) is 0 Å². The molecule has 0 amide bonds. The molecular formula is C17H36N2. The molecule has 2 nitrogen and oxygen atoms in total. The molecule has 19 heavy (non-hydrogen) atoms. The number of hydrogen-bond acceptors (Lipinski definition) is 2. The molecule has 1 fully saturated rings. The molecule has 0 aromatic heterocycles. The van der Waals surface area contributed by atoms with E-state index in [2.05, 4.69) is 25.7 Å². The number of unbranched alkanes of at least 4 members (excludes halogenated alkanes) is 6. The van der Waals surface area contributed by atoms with Gasteiger partial charge in [0.1, 0.15) is 0 Å². The summed E-state index contributed by atoms with van der Waals surface area (Å²) in [5.74, 6) is 1.63. The zero-order chi connectivity index (χ0) is 14.1. The van der Waals surface area contributed by atoms with E-state index in [0.717, 1.165) is 18.4 Å². The maximum absolute atomic E-state index is 5.97. The lowest BCUT2D eigenvalue weighted by atomic mass is 9.85. The Kier molecular flexibility index (Phi) is 8.72. The highest BCUT2D eigenvalue weighted by Gasteiger charge is 2.30. The van der Waals surface area contributed by atoms with Crippen LogP contribution in [0, 0.1) is 11.8 Å². The Balaban J connectivity index is 2.15. The molecule has 0 aromatic carbocycles. The van der Waals surface area contributed by atoms with E-state index in [0.29, 0.717) is 6.04 Å². The Hall–Kier alpha value is -0.0800. The third kappa shape index (κ3) is 6.27. The zero-order valence-electron chi connectivity index (χ0n) is 13.5. The number of rotatable bonds is 9. The molecule has 1 aliphatic rings. The summed E-state index contributed by atoms with van der Waals surface area (Å²) < 4.78 is 0. The van der Waals surface area contributed by atoms with E-state index in [9.17, 15) is 0 Å². The quantitative estimate of drug-likeness (QED) is 0.639. The monoisotopic (exact) mass is 268 g/mol. The van der Waals surface area contributed by atoms with Crippen LogP contribution in [0.25, 0.3) is 0 Å². The normalized spacial score (nSPS) is 28.7. The molecule has 3 unspecified atom stereocenters. The molecule has 2 N–H and O–H groups in total. The fourth-order valence-corrected chi connectivity index (χ4v) is 3.67. The lowest BCUT2D eigenvalue weighted by molar-refractivity contribution is 0.0719. The average molecular weight is 268 g/mol. The van der Waals surface area contributed by atoms with Gasteiger partial charge in [-0.25, -0.2) is 0 Å². The number of likely N-dealkylation sites (tertiary alicyclic amines) is 1. The summed E-state index contributed by atoms with van der Waals surface area (Å²) in [7, 11) is 0. The van der Waals surface area contributed by atoms with Crippen LogP contribution in [-0.2, 0) is 0 Å². The molecule has 1 aliphatic heterocycles. The summed E-state index contributed by atoms with van der Waals surface area (Å²) in [6, 6.07) is 0.635. The molecule has 0 aromatic rings. The second kappa shape index (κ2) is 9.77. The van der Waals surface area contributed by atoms with E-state index in [-0.39, 0.29) is 0 Å². The van der Waals surface area contributed by atoms with Crippen molar-refractivity contribution in [1.29, 1.82) is 0 Å². The predicted octanol–water partition coefficient (Wildman–Crippen LogP) is 4.04. The van der Waals surface area contributed by atoms with Crippen molar-refractivity contribution in [3.63, 3.8) is 0 Å². The fourth-order valence-electron chi connectivity index (χ4n) is 3.67. The van der Waals surface area contributed by atoms with Crippen molar-refractivity contribution < 1.29 is 0 Å². The first kappa shape index (κ1) is 17.0. The van der Waals surface area contributed by atoms with Gasteiger partial charge in [-0.05, 0) is 31.2 Å². The lowest BCUT2D eigenvalue weighted by Gasteiger charge is -2.42. The minimum Gasteiger partial charge on any atom is -0.329 e. The molecular weight excluding hydrogens is 232 g/mol. The van der Waals surface area contributed by atoms with Crippen LogP contribution in [0.15, 0.2) is 0 Å². The van der Waals surface area contributed by atoms with Gasteiger partial charge < -0.3 is 5.73 Å². The van der Waals surface area contributed by atoms with Gasteiger partial charge in [-0.3, -0.25) is 4.90 Å². The third-order valence-electron chi connectivity index (χ3n) is 4.74. The molecule has 0 spiro atoms. The van der Waals surface area contributed by atoms with E-state index in [1.54, 1.807) is 0 Å². The highest BCUT2D eigenvalue weighted by atomic mass is 15.2. The van der Waals surface area contributed by atoms with E-state index in [1.165, 1.54) is 64.5 Å². The Bertz CT molecular complexity index is 217. The van der Waals surface area contributed by atoms with Crippen molar-refractivity contribution in [2.45, 2.75) is 78.2 Å². The zero-order valence-corrected chi connectivity index (χ0v) is 13.5. The number of nitrogens with two attached hydrogens (primary N) is 1. The molecule has 0 saturated carbocycles. The highest BCUT2D eigenvalue weighted by Crippen LogP contribution is 2.26. The molecule has 114 valence electrons. The van der Waals surface area contributed by atoms with Crippen molar-refractivity contribution >= 4 is 0 Å². The first-order chi connectivity index (χ1) is 9.19. The average Bonchev–Trinajstić information content (AvgIpc) is 2.37. The Morgan fingerprint density at radius 2 is 1.63 bits per heavy atom. The molecule has 1 rings (SSSR count). The van der Waals surface area contributed by atoms with Crippen LogP contribution in [0.2, 0.25) is 0 Å². The minimum absolute atomic E-state index is 0.635. The summed E-state index contributed by atoms with van der Waals surface area (Å²) in [5, 5.41) is 0. The van der Waals surface area contributed by atoms with Crippen LogP contribution in [-0.4, -0.2) is 30.6 Å². The van der Waals surface area contributed by atoms with E-state index < -0.39 is 0 Å². The first-order valence-electron chi connectivity index (χ1n) is 8.63. The third-order valence-corrected chi connectivity index (χ3v) is 4.74. The fraction of sp³-hybridized carbons (Fsp3) is 1.00. The van der Waals surface area contributed by atoms with Crippen LogP contribution in [0.3, 0.4) is 0 Å². The molecule has 0 aliphatic carbocycles. The van der Waals surface area contributed by atoms with E-state index in [4.69, 9.17) is 5.73 Å². The summed E-state index contributed by atoms with van der Waals surface area (Å²) >= 11 is 0. The molecule has 0 bridgehead atoms. The second-order valence-electron chi connectivity index (χ2n) is 6.74. The van der Waals surface area contributed by atoms with Crippen LogP contribution in [0.5, 0.6) is 0 Å². The molecule has 3 atom stereocenters. The second-order valence-corrected chi connectivity index (χ2v) is 6.74. The lowest BCUT2D eigenvalue weighted by Crippen LogP contribution is -2.51. The summed E-state index contributed by atoms with van der Waals surface area (Å²) in [6.45, 7) is 10.4. The molecule has 1 saturated heterocycles. The van der Waals surface area contributed by atoms with Gasteiger partial charge in [0.15, 0.2) is 0 Å². The maximum atomic E-state index is 5.97. The Labute approximate surface area is 121 Å². The highest BCUT2D eigenvalue weighted by molar-refractivity contribution is 4.85. The van der Waals surface area contributed by atoms with Gasteiger partial charge in [0.05, 0.1) is 0 Å². The SMILES string of the molecule is CCCCCCCCCN1CC(C)CC(C)C1CN. The first-order valence-corrected chi connectivity index (χ1v) is 8.63.